The summed E-state index contributed by atoms with van der Waals surface area (Å²) < 4.78 is 0. The zero-order valence-corrected chi connectivity index (χ0v) is 24.2. The molecule has 0 saturated heterocycles. The average Bonchev–Trinajstić information content (AvgIpc) is 2.82. The number of nitrogens with zero attached hydrogens (tertiary/aromatic N) is 1. The predicted molar refractivity (Wildman–Crippen MR) is 156 cm³/mol. The number of hydrogen-bond donors (Lipinski definition) is 1. The van der Waals surface area contributed by atoms with Gasteiger partial charge in [0.2, 0.25) is 11.8 Å². The van der Waals surface area contributed by atoms with Crippen LogP contribution in [0.15, 0.2) is 72.8 Å². The molecule has 3 aromatic carbocycles. The van der Waals surface area contributed by atoms with E-state index in [2.05, 4.69) is 5.32 Å². The highest BCUT2D eigenvalue weighted by Gasteiger charge is 2.32. The van der Waals surface area contributed by atoms with Crippen LogP contribution in [0.1, 0.15) is 37.5 Å². The Morgan fingerprint density at radius 2 is 1.51 bits per heavy atom. The lowest BCUT2D eigenvalue weighted by Crippen LogP contribution is -2.54. The summed E-state index contributed by atoms with van der Waals surface area (Å²) in [6, 6.07) is 21.7. The van der Waals surface area contributed by atoms with Gasteiger partial charge < -0.3 is 10.2 Å². The van der Waals surface area contributed by atoms with Gasteiger partial charge in [-0.2, -0.15) is 0 Å². The largest absolute Gasteiger partial charge is 0.350 e. The second kappa shape index (κ2) is 13.6. The first-order valence-corrected chi connectivity index (χ1v) is 14.2. The van der Waals surface area contributed by atoms with E-state index in [0.29, 0.717) is 32.8 Å². The van der Waals surface area contributed by atoms with Gasteiger partial charge in [-0.1, -0.05) is 83.3 Å². The van der Waals surface area contributed by atoms with E-state index in [1.807, 2.05) is 75.4 Å². The van der Waals surface area contributed by atoms with Gasteiger partial charge in [0.1, 0.15) is 6.04 Å². The normalized spacial score (nSPS) is 12.2. The summed E-state index contributed by atoms with van der Waals surface area (Å²) in [5.41, 5.74) is 2.12. The van der Waals surface area contributed by atoms with E-state index in [9.17, 15) is 9.59 Å². The fourth-order valence-corrected chi connectivity index (χ4v) is 5.41. The summed E-state index contributed by atoms with van der Waals surface area (Å²) in [4.78, 5) is 29.0. The Morgan fingerprint density at radius 1 is 0.892 bits per heavy atom. The van der Waals surface area contributed by atoms with Crippen LogP contribution in [-0.4, -0.2) is 34.0 Å². The van der Waals surface area contributed by atoms with Crippen molar-refractivity contribution in [1.82, 2.24) is 10.2 Å². The average molecular weight is 578 g/mol. The van der Waals surface area contributed by atoms with Gasteiger partial charge in [0.25, 0.3) is 0 Å². The molecule has 1 atom stereocenters. The fraction of sp³-hybridized carbons (Fsp3) is 0.310. The Kier molecular flexibility index (Phi) is 10.8. The Bertz CT molecular complexity index is 1200. The summed E-state index contributed by atoms with van der Waals surface area (Å²) in [6.45, 7) is 5.87. The number of thioether (sulfide) groups is 1. The highest BCUT2D eigenvalue weighted by Crippen LogP contribution is 2.28. The van der Waals surface area contributed by atoms with E-state index in [0.717, 1.165) is 11.1 Å². The van der Waals surface area contributed by atoms with Crippen LogP contribution >= 0.6 is 46.6 Å². The first-order chi connectivity index (χ1) is 17.5. The third kappa shape index (κ3) is 9.26. The monoisotopic (exact) mass is 576 g/mol. The van der Waals surface area contributed by atoms with Crippen LogP contribution in [-0.2, 0) is 28.3 Å². The van der Waals surface area contributed by atoms with Crippen molar-refractivity contribution >= 4 is 58.4 Å². The molecule has 0 saturated carbocycles. The standard InChI is InChI=1S/C29H31Cl3N2O2S/c1-29(2,3)33-28(36)26(16-20-9-5-4-6-10-20)34(17-23-24(31)13-8-14-25(23)32)27(35)19-37-18-21-11-7-12-22(30)15-21/h4-15,26H,16-19H2,1-3H3,(H,33,36)/t26-/m1/s1. The smallest absolute Gasteiger partial charge is 0.243 e. The van der Waals surface area contributed by atoms with E-state index in [4.69, 9.17) is 34.8 Å². The van der Waals surface area contributed by atoms with Crippen LogP contribution in [0.5, 0.6) is 0 Å². The molecule has 0 bridgehead atoms. The van der Waals surface area contributed by atoms with E-state index < -0.39 is 11.6 Å². The van der Waals surface area contributed by atoms with Crippen molar-refractivity contribution in [3.05, 3.63) is 105 Å². The molecule has 0 aliphatic carbocycles. The number of benzene rings is 3. The zero-order valence-electron chi connectivity index (χ0n) is 21.1. The molecule has 0 heterocycles. The number of amides is 2. The zero-order chi connectivity index (χ0) is 27.0. The Hall–Kier alpha value is -2.18. The van der Waals surface area contributed by atoms with Gasteiger partial charge in [-0.15, -0.1) is 11.8 Å². The van der Waals surface area contributed by atoms with Crippen LogP contribution in [0.25, 0.3) is 0 Å². The minimum atomic E-state index is -0.756. The summed E-state index contributed by atoms with van der Waals surface area (Å²) >= 11 is 20.6. The molecule has 0 spiro atoms. The maximum absolute atomic E-state index is 13.7. The maximum atomic E-state index is 13.7. The first-order valence-electron chi connectivity index (χ1n) is 11.9. The molecular formula is C29H31Cl3N2O2S. The summed E-state index contributed by atoms with van der Waals surface area (Å²) in [5, 5.41) is 4.61. The van der Waals surface area contributed by atoms with Gasteiger partial charge >= 0.3 is 0 Å². The number of hydrogen-bond acceptors (Lipinski definition) is 3. The van der Waals surface area contributed by atoms with Crippen LogP contribution in [0.3, 0.4) is 0 Å². The molecule has 37 heavy (non-hydrogen) atoms. The first kappa shape index (κ1) is 29.4. The van der Waals surface area contributed by atoms with Gasteiger partial charge in [-0.25, -0.2) is 0 Å². The van der Waals surface area contributed by atoms with Crippen LogP contribution in [0.2, 0.25) is 15.1 Å². The minimum absolute atomic E-state index is 0.115. The molecule has 1 N–H and O–H groups in total. The van der Waals surface area contributed by atoms with Crippen molar-refractivity contribution in [2.45, 2.75) is 51.1 Å². The van der Waals surface area contributed by atoms with Crippen molar-refractivity contribution in [3.63, 3.8) is 0 Å². The summed E-state index contributed by atoms with van der Waals surface area (Å²) in [7, 11) is 0. The van der Waals surface area contributed by atoms with Crippen LogP contribution in [0, 0.1) is 0 Å². The van der Waals surface area contributed by atoms with E-state index in [1.54, 1.807) is 23.1 Å². The molecule has 0 unspecified atom stereocenters. The third-order valence-corrected chi connectivity index (χ3v) is 7.47. The molecule has 0 aliphatic heterocycles. The second-order valence-corrected chi connectivity index (χ2v) is 12.0. The van der Waals surface area contributed by atoms with E-state index in [-0.39, 0.29) is 24.1 Å². The molecule has 3 aromatic rings. The van der Waals surface area contributed by atoms with Crippen molar-refractivity contribution < 1.29 is 9.59 Å². The van der Waals surface area contributed by atoms with Crippen LogP contribution < -0.4 is 5.32 Å². The van der Waals surface area contributed by atoms with Gasteiger partial charge in [0.15, 0.2) is 0 Å². The van der Waals surface area contributed by atoms with E-state index >= 15 is 0 Å². The highest BCUT2D eigenvalue weighted by molar-refractivity contribution is 7.99. The Balaban J connectivity index is 1.92. The molecule has 0 radical (unpaired) electrons. The molecule has 0 aromatic heterocycles. The lowest BCUT2D eigenvalue weighted by Gasteiger charge is -2.34. The lowest BCUT2D eigenvalue weighted by molar-refractivity contribution is -0.140. The number of halogens is 3. The summed E-state index contributed by atoms with van der Waals surface area (Å²) in [6.07, 6.45) is 0.357. The number of rotatable bonds is 10. The molecule has 8 heteroatoms. The Morgan fingerprint density at radius 3 is 2.14 bits per heavy atom. The lowest BCUT2D eigenvalue weighted by atomic mass is 10.0. The van der Waals surface area contributed by atoms with Crippen molar-refractivity contribution in [2.24, 2.45) is 0 Å². The van der Waals surface area contributed by atoms with Crippen molar-refractivity contribution in [1.29, 1.82) is 0 Å². The number of carbonyl (C=O) groups excluding carboxylic acids is 2. The number of carbonyl (C=O) groups is 2. The maximum Gasteiger partial charge on any atom is 0.243 e. The summed E-state index contributed by atoms with van der Waals surface area (Å²) in [5.74, 6) is 0.397. The third-order valence-electron chi connectivity index (χ3n) is 5.54. The molecular weight excluding hydrogens is 547 g/mol. The number of nitrogens with one attached hydrogen (secondary N) is 1. The highest BCUT2D eigenvalue weighted by atomic mass is 35.5. The molecule has 4 nitrogen and oxygen atoms in total. The fourth-order valence-electron chi connectivity index (χ4n) is 3.83. The molecule has 196 valence electrons. The second-order valence-electron chi connectivity index (χ2n) is 9.79. The topological polar surface area (TPSA) is 49.4 Å². The predicted octanol–water partition coefficient (Wildman–Crippen LogP) is 7.43. The quantitative estimate of drug-likeness (QED) is 0.272. The van der Waals surface area contributed by atoms with Crippen LogP contribution in [0.4, 0.5) is 0 Å². The van der Waals surface area contributed by atoms with Gasteiger partial charge in [0, 0.05) is 44.9 Å². The molecule has 0 aliphatic rings. The minimum Gasteiger partial charge on any atom is -0.350 e. The molecule has 2 amide bonds. The Labute approximate surface area is 238 Å². The van der Waals surface area contributed by atoms with E-state index in [1.165, 1.54) is 11.8 Å². The van der Waals surface area contributed by atoms with Crippen molar-refractivity contribution in [2.75, 3.05) is 5.75 Å². The molecule has 3 rings (SSSR count). The van der Waals surface area contributed by atoms with Crippen molar-refractivity contribution in [3.8, 4) is 0 Å². The van der Waals surface area contributed by atoms with Gasteiger partial charge in [-0.05, 0) is 56.2 Å². The van der Waals surface area contributed by atoms with Gasteiger partial charge in [-0.3, -0.25) is 9.59 Å². The molecule has 0 fully saturated rings. The SMILES string of the molecule is CC(C)(C)NC(=O)[C@@H](Cc1ccccc1)N(Cc1c(Cl)cccc1Cl)C(=O)CSCc1cccc(Cl)c1. The van der Waals surface area contributed by atoms with Gasteiger partial charge in [0.05, 0.1) is 5.75 Å².